The number of ether oxygens (including phenoxy) is 1. The number of hydrogen-bond acceptors (Lipinski definition) is 2. The van der Waals surface area contributed by atoms with Gasteiger partial charge in [-0.05, 0) is 72.3 Å². The van der Waals surface area contributed by atoms with Crippen LogP contribution in [0.25, 0.3) is 0 Å². The zero-order chi connectivity index (χ0) is 19.2. The van der Waals surface area contributed by atoms with Gasteiger partial charge in [-0.2, -0.15) is 0 Å². The van der Waals surface area contributed by atoms with E-state index < -0.39 is 8.32 Å². The van der Waals surface area contributed by atoms with Gasteiger partial charge in [0.2, 0.25) is 0 Å². The molecule has 3 heteroatoms. The van der Waals surface area contributed by atoms with Crippen LogP contribution < -0.4 is 0 Å². The summed E-state index contributed by atoms with van der Waals surface area (Å²) >= 11 is 0. The molecule has 0 amide bonds. The van der Waals surface area contributed by atoms with Crippen LogP contribution in [0.5, 0.6) is 0 Å². The van der Waals surface area contributed by atoms with Crippen molar-refractivity contribution < 1.29 is 9.16 Å². The van der Waals surface area contributed by atoms with Gasteiger partial charge in [0.15, 0.2) is 8.32 Å². The van der Waals surface area contributed by atoms with Crippen LogP contribution in [-0.4, -0.2) is 14.9 Å². The smallest absolute Gasteiger partial charge is 0.192 e. The molecular weight excluding hydrogens is 336 g/mol. The third-order valence-corrected chi connectivity index (χ3v) is 11.9. The molecule has 3 atom stereocenters. The summed E-state index contributed by atoms with van der Waals surface area (Å²) in [4.78, 5) is 0. The summed E-state index contributed by atoms with van der Waals surface area (Å²) < 4.78 is 13.2. The zero-order valence-corrected chi connectivity index (χ0v) is 18.9. The number of benzene rings is 1. The highest BCUT2D eigenvalue weighted by molar-refractivity contribution is 6.74. The molecule has 1 aliphatic carbocycles. The molecule has 0 N–H and O–H groups in total. The lowest BCUT2D eigenvalue weighted by Crippen LogP contribution is -2.41. The molecule has 3 rings (SSSR count). The van der Waals surface area contributed by atoms with Crippen LogP contribution in [-0.2, 0) is 15.6 Å². The van der Waals surface area contributed by atoms with Crippen molar-refractivity contribution in [1.29, 1.82) is 0 Å². The third kappa shape index (κ3) is 3.55. The first-order valence-corrected chi connectivity index (χ1v) is 13.4. The average molecular weight is 375 g/mol. The van der Waals surface area contributed by atoms with Gasteiger partial charge in [-0.25, -0.2) is 0 Å². The molecule has 1 fully saturated rings. The molecule has 1 aromatic rings. The summed E-state index contributed by atoms with van der Waals surface area (Å²) in [6.45, 7) is 17.3. The Morgan fingerprint density at radius 2 is 1.92 bits per heavy atom. The lowest BCUT2D eigenvalue weighted by molar-refractivity contribution is -0.0809. The first-order valence-electron chi connectivity index (χ1n) is 10.5. The molecule has 2 nitrogen and oxygen atoms in total. The van der Waals surface area contributed by atoms with Crippen molar-refractivity contribution in [3.8, 4) is 0 Å². The molecule has 1 heterocycles. The Morgan fingerprint density at radius 1 is 1.23 bits per heavy atom. The normalized spacial score (nSPS) is 29.7. The molecule has 1 aromatic carbocycles. The summed E-state index contributed by atoms with van der Waals surface area (Å²) in [6.07, 6.45) is 6.38. The Morgan fingerprint density at radius 3 is 2.58 bits per heavy atom. The van der Waals surface area contributed by atoms with Crippen LogP contribution in [0.4, 0.5) is 0 Å². The van der Waals surface area contributed by atoms with Gasteiger partial charge in [-0.1, -0.05) is 52.8 Å². The summed E-state index contributed by atoms with van der Waals surface area (Å²) in [5, 5.41) is 0.251. The third-order valence-electron chi connectivity index (χ3n) is 7.39. The molecular formula is C23H38O2Si. The summed E-state index contributed by atoms with van der Waals surface area (Å²) in [5.41, 5.74) is 4.64. The standard InChI is InChI=1S/C23H38O2Si/c1-8-23(5)15-10-16-24-21(23)19-12-9-11-18-17(19)13-14-20(18)25-26(6,7)22(2,3)4/h9,11-12,20-21H,8,10,13-16H2,1-7H3/t20-,21?,23?/m0/s1. The second-order valence-electron chi connectivity index (χ2n) is 10.2. The van der Waals surface area contributed by atoms with E-state index in [0.29, 0.717) is 0 Å². The van der Waals surface area contributed by atoms with Gasteiger partial charge in [0.05, 0.1) is 12.2 Å². The second kappa shape index (κ2) is 7.07. The maximum absolute atomic E-state index is 6.81. The first-order chi connectivity index (χ1) is 12.1. The van der Waals surface area contributed by atoms with Gasteiger partial charge in [0.1, 0.15) is 0 Å². The Kier molecular flexibility index (Phi) is 5.46. The number of rotatable bonds is 4. The van der Waals surface area contributed by atoms with Gasteiger partial charge < -0.3 is 9.16 Å². The minimum atomic E-state index is -1.76. The predicted molar refractivity (Wildman–Crippen MR) is 112 cm³/mol. The Labute approximate surface area is 161 Å². The van der Waals surface area contributed by atoms with Crippen LogP contribution in [0, 0.1) is 5.41 Å². The van der Waals surface area contributed by atoms with E-state index in [1.807, 2.05) is 0 Å². The second-order valence-corrected chi connectivity index (χ2v) is 14.9. The monoisotopic (exact) mass is 374 g/mol. The van der Waals surface area contributed by atoms with E-state index in [4.69, 9.17) is 9.16 Å². The minimum Gasteiger partial charge on any atom is -0.410 e. The topological polar surface area (TPSA) is 18.5 Å². The molecule has 2 aliphatic rings. The summed E-state index contributed by atoms with van der Waals surface area (Å²) in [5.74, 6) is 0. The van der Waals surface area contributed by atoms with E-state index in [1.165, 1.54) is 36.0 Å². The lowest BCUT2D eigenvalue weighted by Gasteiger charge is -2.42. The van der Waals surface area contributed by atoms with Gasteiger partial charge >= 0.3 is 0 Å². The van der Waals surface area contributed by atoms with Gasteiger partial charge in [-0.15, -0.1) is 0 Å². The summed E-state index contributed by atoms with van der Waals surface area (Å²) in [7, 11) is -1.76. The van der Waals surface area contributed by atoms with Crippen LogP contribution in [0.3, 0.4) is 0 Å². The quantitative estimate of drug-likeness (QED) is 0.530. The highest BCUT2D eigenvalue weighted by Crippen LogP contribution is 2.50. The van der Waals surface area contributed by atoms with Crippen molar-refractivity contribution in [2.45, 2.75) is 97.1 Å². The van der Waals surface area contributed by atoms with Crippen molar-refractivity contribution in [3.05, 3.63) is 34.9 Å². The molecule has 0 bridgehead atoms. The first kappa shape index (κ1) is 20.1. The summed E-state index contributed by atoms with van der Waals surface area (Å²) in [6, 6.07) is 6.85. The SMILES string of the molecule is CCC1(C)CCCOC1c1cccc2c1CC[C@@H]2O[Si](C)(C)C(C)(C)C. The number of fused-ring (bicyclic) bond motifs is 1. The molecule has 1 saturated heterocycles. The van der Waals surface area contributed by atoms with Crippen LogP contribution in [0.2, 0.25) is 18.1 Å². The maximum atomic E-state index is 6.81. The molecule has 0 aromatic heterocycles. The minimum absolute atomic E-state index is 0.239. The van der Waals surface area contributed by atoms with Crippen LogP contribution >= 0.6 is 0 Å². The van der Waals surface area contributed by atoms with E-state index in [0.717, 1.165) is 19.4 Å². The molecule has 1 aliphatic heterocycles. The van der Waals surface area contributed by atoms with Crippen molar-refractivity contribution in [1.82, 2.24) is 0 Å². The fraction of sp³-hybridized carbons (Fsp3) is 0.739. The average Bonchev–Trinajstić information content (AvgIpc) is 2.97. The fourth-order valence-corrected chi connectivity index (χ4v) is 5.69. The van der Waals surface area contributed by atoms with Crippen molar-refractivity contribution in [2.24, 2.45) is 5.41 Å². The Hall–Kier alpha value is -0.643. The molecule has 0 saturated carbocycles. The van der Waals surface area contributed by atoms with E-state index in [9.17, 15) is 0 Å². The van der Waals surface area contributed by atoms with E-state index in [1.54, 1.807) is 0 Å². The fourth-order valence-electron chi connectivity index (χ4n) is 4.38. The van der Waals surface area contributed by atoms with Crippen molar-refractivity contribution in [2.75, 3.05) is 6.61 Å². The van der Waals surface area contributed by atoms with E-state index in [-0.39, 0.29) is 22.7 Å². The molecule has 2 unspecified atom stereocenters. The molecule has 0 spiro atoms. The van der Waals surface area contributed by atoms with E-state index in [2.05, 4.69) is 65.9 Å². The highest BCUT2D eigenvalue weighted by Gasteiger charge is 2.43. The predicted octanol–water partition coefficient (Wildman–Crippen LogP) is 6.96. The van der Waals surface area contributed by atoms with Crippen molar-refractivity contribution in [3.63, 3.8) is 0 Å². The molecule has 26 heavy (non-hydrogen) atoms. The Balaban J connectivity index is 1.91. The van der Waals surface area contributed by atoms with Crippen LogP contribution in [0.15, 0.2) is 18.2 Å². The van der Waals surface area contributed by atoms with Crippen molar-refractivity contribution >= 4 is 8.32 Å². The van der Waals surface area contributed by atoms with Crippen LogP contribution in [0.1, 0.15) is 89.2 Å². The largest absolute Gasteiger partial charge is 0.410 e. The van der Waals surface area contributed by atoms with Gasteiger partial charge in [-0.3, -0.25) is 0 Å². The number of hydrogen-bond donors (Lipinski definition) is 0. The zero-order valence-electron chi connectivity index (χ0n) is 17.9. The lowest BCUT2D eigenvalue weighted by atomic mass is 9.72. The maximum Gasteiger partial charge on any atom is 0.192 e. The van der Waals surface area contributed by atoms with Gasteiger partial charge in [0.25, 0.3) is 0 Å². The molecule has 146 valence electrons. The van der Waals surface area contributed by atoms with E-state index >= 15 is 0 Å². The molecule has 0 radical (unpaired) electrons. The van der Waals surface area contributed by atoms with Gasteiger partial charge in [0, 0.05) is 6.61 Å². The highest BCUT2D eigenvalue weighted by atomic mass is 28.4. The Bertz CT molecular complexity index is 646.